The molecule has 1 fully saturated rings. The van der Waals surface area contributed by atoms with Crippen LogP contribution in [0.3, 0.4) is 0 Å². The molecule has 0 amide bonds. The molecule has 0 spiro atoms. The third-order valence-electron chi connectivity index (χ3n) is 4.82. The van der Waals surface area contributed by atoms with Gasteiger partial charge in [-0.25, -0.2) is 13.4 Å². The number of aromatic amines is 1. The fourth-order valence-electron chi connectivity index (χ4n) is 3.47. The number of nitrogens with one attached hydrogen (secondary N) is 1. The van der Waals surface area contributed by atoms with Crippen molar-refractivity contribution in [2.24, 2.45) is 0 Å². The van der Waals surface area contributed by atoms with Crippen LogP contribution in [0.15, 0.2) is 53.4 Å². The van der Waals surface area contributed by atoms with E-state index >= 15 is 0 Å². The van der Waals surface area contributed by atoms with Crippen molar-refractivity contribution in [1.29, 1.82) is 0 Å². The minimum atomic E-state index is -3.13. The molecule has 130 valence electrons. The Morgan fingerprint density at radius 1 is 1.16 bits per heavy atom. The van der Waals surface area contributed by atoms with Crippen LogP contribution in [0.2, 0.25) is 0 Å². The number of para-hydroxylation sites is 2. The highest BCUT2D eigenvalue weighted by molar-refractivity contribution is 7.90. The van der Waals surface area contributed by atoms with Crippen LogP contribution < -0.4 is 0 Å². The van der Waals surface area contributed by atoms with Crippen LogP contribution >= 0.6 is 0 Å². The SMILES string of the molecule is CS(=O)(=O)c1ccc(CN2CCC(c3nc4ccccc4[nH]3)C2)cc1. The van der Waals surface area contributed by atoms with E-state index in [4.69, 9.17) is 4.98 Å². The minimum absolute atomic E-state index is 0.373. The molecular weight excluding hydrogens is 334 g/mol. The molecule has 1 aliphatic rings. The van der Waals surface area contributed by atoms with Crippen LogP contribution in [0.1, 0.15) is 23.7 Å². The van der Waals surface area contributed by atoms with Gasteiger partial charge in [-0.05, 0) is 42.8 Å². The molecule has 1 unspecified atom stereocenters. The number of aromatic nitrogens is 2. The Morgan fingerprint density at radius 2 is 1.92 bits per heavy atom. The van der Waals surface area contributed by atoms with Crippen LogP contribution in [-0.4, -0.2) is 42.6 Å². The maximum Gasteiger partial charge on any atom is 0.175 e. The number of fused-ring (bicyclic) bond motifs is 1. The first kappa shape index (κ1) is 16.3. The fraction of sp³-hybridized carbons (Fsp3) is 0.316. The topological polar surface area (TPSA) is 66.1 Å². The van der Waals surface area contributed by atoms with Crippen LogP contribution in [-0.2, 0) is 16.4 Å². The van der Waals surface area contributed by atoms with E-state index in [1.54, 1.807) is 12.1 Å². The first-order valence-corrected chi connectivity index (χ1v) is 10.3. The van der Waals surface area contributed by atoms with Crippen molar-refractivity contribution >= 4 is 20.9 Å². The predicted octanol–water partition coefficient (Wildman–Crippen LogP) is 2.96. The van der Waals surface area contributed by atoms with E-state index in [2.05, 4.69) is 16.0 Å². The number of H-pyrrole nitrogens is 1. The third-order valence-corrected chi connectivity index (χ3v) is 5.95. The predicted molar refractivity (Wildman–Crippen MR) is 98.3 cm³/mol. The smallest absolute Gasteiger partial charge is 0.175 e. The fourth-order valence-corrected chi connectivity index (χ4v) is 4.10. The summed E-state index contributed by atoms with van der Waals surface area (Å²) in [6.07, 6.45) is 2.32. The lowest BCUT2D eigenvalue weighted by atomic mass is 10.1. The number of benzene rings is 2. The monoisotopic (exact) mass is 355 g/mol. The van der Waals surface area contributed by atoms with Gasteiger partial charge in [-0.2, -0.15) is 0 Å². The molecule has 0 aliphatic carbocycles. The first-order chi connectivity index (χ1) is 12.0. The summed E-state index contributed by atoms with van der Waals surface area (Å²) in [6, 6.07) is 15.3. The Kier molecular flexibility index (Phi) is 4.09. The Hall–Kier alpha value is -2.18. The summed E-state index contributed by atoms with van der Waals surface area (Å²) in [4.78, 5) is 10.9. The molecule has 1 aromatic heterocycles. The van der Waals surface area contributed by atoms with Gasteiger partial charge in [-0.15, -0.1) is 0 Å². The van der Waals surface area contributed by atoms with Crippen molar-refractivity contribution < 1.29 is 8.42 Å². The quantitative estimate of drug-likeness (QED) is 0.781. The average molecular weight is 355 g/mol. The minimum Gasteiger partial charge on any atom is -0.342 e. The lowest BCUT2D eigenvalue weighted by Crippen LogP contribution is -2.20. The van der Waals surface area contributed by atoms with Crippen molar-refractivity contribution in [3.8, 4) is 0 Å². The lowest BCUT2D eigenvalue weighted by Gasteiger charge is -2.15. The van der Waals surface area contributed by atoms with E-state index in [9.17, 15) is 8.42 Å². The number of hydrogen-bond donors (Lipinski definition) is 1. The lowest BCUT2D eigenvalue weighted by molar-refractivity contribution is 0.326. The summed E-state index contributed by atoms with van der Waals surface area (Å²) >= 11 is 0. The highest BCUT2D eigenvalue weighted by Gasteiger charge is 2.26. The average Bonchev–Trinajstić information content (AvgIpc) is 3.20. The van der Waals surface area contributed by atoms with E-state index in [0.717, 1.165) is 48.5 Å². The number of likely N-dealkylation sites (tertiary alicyclic amines) is 1. The van der Waals surface area contributed by atoms with Gasteiger partial charge in [0.25, 0.3) is 0 Å². The maximum atomic E-state index is 11.5. The van der Waals surface area contributed by atoms with Crippen LogP contribution in [0.5, 0.6) is 0 Å². The zero-order valence-corrected chi connectivity index (χ0v) is 15.0. The Labute approximate surface area is 147 Å². The van der Waals surface area contributed by atoms with Crippen molar-refractivity contribution in [1.82, 2.24) is 14.9 Å². The molecule has 1 N–H and O–H groups in total. The van der Waals surface area contributed by atoms with Crippen molar-refractivity contribution in [2.45, 2.75) is 23.8 Å². The van der Waals surface area contributed by atoms with Gasteiger partial charge in [0.2, 0.25) is 0 Å². The van der Waals surface area contributed by atoms with Crippen molar-refractivity contribution in [3.05, 3.63) is 59.9 Å². The molecule has 6 heteroatoms. The molecule has 4 rings (SSSR count). The highest BCUT2D eigenvalue weighted by atomic mass is 32.2. The third kappa shape index (κ3) is 3.45. The van der Waals surface area contributed by atoms with Gasteiger partial charge in [0.15, 0.2) is 9.84 Å². The highest BCUT2D eigenvalue weighted by Crippen LogP contribution is 2.28. The van der Waals surface area contributed by atoms with Gasteiger partial charge in [0, 0.05) is 25.3 Å². The summed E-state index contributed by atoms with van der Waals surface area (Å²) in [5, 5.41) is 0. The summed E-state index contributed by atoms with van der Waals surface area (Å²) in [7, 11) is -3.13. The van der Waals surface area contributed by atoms with Gasteiger partial charge in [-0.3, -0.25) is 4.90 Å². The Morgan fingerprint density at radius 3 is 2.64 bits per heavy atom. The number of rotatable bonds is 4. The van der Waals surface area contributed by atoms with Crippen molar-refractivity contribution in [3.63, 3.8) is 0 Å². The second-order valence-corrected chi connectivity index (χ2v) is 8.79. The zero-order valence-electron chi connectivity index (χ0n) is 14.1. The normalized spacial score (nSPS) is 18.8. The molecular formula is C19H21N3O2S. The van der Waals surface area contributed by atoms with Crippen LogP contribution in [0.4, 0.5) is 0 Å². The van der Waals surface area contributed by atoms with Crippen LogP contribution in [0.25, 0.3) is 11.0 Å². The van der Waals surface area contributed by atoms with E-state index in [1.165, 1.54) is 6.26 Å². The second kappa shape index (κ2) is 6.28. The van der Waals surface area contributed by atoms with Gasteiger partial charge in [0.1, 0.15) is 5.82 Å². The van der Waals surface area contributed by atoms with E-state index < -0.39 is 9.84 Å². The standard InChI is InChI=1S/C19H21N3O2S/c1-25(23,24)16-8-6-14(7-9-16)12-22-11-10-15(13-22)19-20-17-4-2-3-5-18(17)21-19/h2-9,15H,10-13H2,1H3,(H,20,21). The van der Waals surface area contributed by atoms with Gasteiger partial charge < -0.3 is 4.98 Å². The molecule has 1 atom stereocenters. The van der Waals surface area contributed by atoms with Crippen LogP contribution in [0, 0.1) is 0 Å². The number of hydrogen-bond acceptors (Lipinski definition) is 4. The first-order valence-electron chi connectivity index (χ1n) is 8.45. The molecule has 0 bridgehead atoms. The summed E-state index contributed by atoms with van der Waals surface area (Å²) in [6.45, 7) is 2.82. The Bertz CT molecular complexity index is 960. The molecule has 0 radical (unpaired) electrons. The molecule has 2 heterocycles. The molecule has 25 heavy (non-hydrogen) atoms. The maximum absolute atomic E-state index is 11.5. The molecule has 0 saturated carbocycles. The van der Waals surface area contributed by atoms with Gasteiger partial charge >= 0.3 is 0 Å². The molecule has 1 saturated heterocycles. The largest absolute Gasteiger partial charge is 0.342 e. The molecule has 2 aromatic carbocycles. The summed E-state index contributed by atoms with van der Waals surface area (Å²) in [5.74, 6) is 1.49. The molecule has 1 aliphatic heterocycles. The second-order valence-electron chi connectivity index (χ2n) is 6.78. The van der Waals surface area contributed by atoms with Crippen molar-refractivity contribution in [2.75, 3.05) is 19.3 Å². The van der Waals surface area contributed by atoms with Gasteiger partial charge in [0.05, 0.1) is 15.9 Å². The van der Waals surface area contributed by atoms with E-state index in [1.807, 2.05) is 30.3 Å². The number of nitrogens with zero attached hydrogens (tertiary/aromatic N) is 2. The molecule has 5 nitrogen and oxygen atoms in total. The summed E-state index contributed by atoms with van der Waals surface area (Å²) in [5.41, 5.74) is 3.25. The van der Waals surface area contributed by atoms with Gasteiger partial charge in [-0.1, -0.05) is 24.3 Å². The summed E-state index contributed by atoms with van der Waals surface area (Å²) < 4.78 is 23.1. The zero-order chi connectivity index (χ0) is 17.4. The van der Waals surface area contributed by atoms with E-state index in [0.29, 0.717) is 10.8 Å². The number of sulfone groups is 1. The Balaban J connectivity index is 1.44. The van der Waals surface area contributed by atoms with E-state index in [-0.39, 0.29) is 0 Å². The number of imidazole rings is 1. The molecule has 3 aromatic rings.